The Morgan fingerprint density at radius 3 is 2.60 bits per heavy atom. The van der Waals surface area contributed by atoms with Gasteiger partial charge >= 0.3 is 5.97 Å². The molecule has 1 aliphatic carbocycles. The van der Waals surface area contributed by atoms with Gasteiger partial charge in [0.15, 0.2) is 5.69 Å². The fourth-order valence-corrected chi connectivity index (χ4v) is 3.27. The average Bonchev–Trinajstić information content (AvgIpc) is 2.96. The molecule has 0 aliphatic heterocycles. The van der Waals surface area contributed by atoms with Crippen LogP contribution in [0.2, 0.25) is 0 Å². The lowest BCUT2D eigenvalue weighted by Gasteiger charge is -2.14. The van der Waals surface area contributed by atoms with Gasteiger partial charge in [-0.3, -0.25) is 4.79 Å². The van der Waals surface area contributed by atoms with Crippen LogP contribution in [0, 0.1) is 5.92 Å². The normalized spacial score (nSPS) is 15.5. The molecule has 0 bridgehead atoms. The third kappa shape index (κ3) is 4.47. The molecule has 1 saturated carbocycles. The van der Waals surface area contributed by atoms with E-state index in [9.17, 15) is 9.59 Å². The first-order valence-corrected chi connectivity index (χ1v) is 8.79. The molecule has 1 amide bonds. The predicted molar refractivity (Wildman–Crippen MR) is 93.6 cm³/mol. The highest BCUT2D eigenvalue weighted by Gasteiger charge is 2.19. The molecule has 0 spiro atoms. The zero-order valence-corrected chi connectivity index (χ0v) is 14.1. The highest BCUT2D eigenvalue weighted by molar-refractivity contribution is 5.85. The number of hydrogen-bond acceptors (Lipinski definition) is 3. The van der Waals surface area contributed by atoms with Crippen molar-refractivity contribution in [1.82, 2.24) is 15.1 Å². The SMILES string of the molecule is O=C(O)c1ccn(-c2cccc(CNC(=O)C3CCCCCC3)c2)n1. The minimum absolute atomic E-state index is 0.00655. The first-order valence-electron chi connectivity index (χ1n) is 8.79. The molecule has 1 aromatic heterocycles. The summed E-state index contributed by atoms with van der Waals surface area (Å²) in [5, 5.41) is 16.0. The Morgan fingerprint density at radius 2 is 1.92 bits per heavy atom. The van der Waals surface area contributed by atoms with E-state index in [1.54, 1.807) is 6.20 Å². The molecule has 25 heavy (non-hydrogen) atoms. The van der Waals surface area contributed by atoms with Gasteiger partial charge in [0.1, 0.15) is 0 Å². The van der Waals surface area contributed by atoms with Crippen molar-refractivity contribution >= 4 is 11.9 Å². The summed E-state index contributed by atoms with van der Waals surface area (Å²) in [6.45, 7) is 0.468. The van der Waals surface area contributed by atoms with Crippen LogP contribution < -0.4 is 5.32 Å². The fourth-order valence-electron chi connectivity index (χ4n) is 3.27. The van der Waals surface area contributed by atoms with E-state index in [-0.39, 0.29) is 17.5 Å². The summed E-state index contributed by atoms with van der Waals surface area (Å²) in [5.41, 5.74) is 1.74. The van der Waals surface area contributed by atoms with E-state index in [0.717, 1.165) is 36.9 Å². The van der Waals surface area contributed by atoms with Crippen molar-refractivity contribution in [3.05, 3.63) is 47.8 Å². The Kier molecular flexibility index (Phi) is 5.48. The van der Waals surface area contributed by atoms with Gasteiger partial charge in [0.2, 0.25) is 5.91 Å². The van der Waals surface area contributed by atoms with E-state index in [1.807, 2.05) is 24.3 Å². The predicted octanol–water partition coefficient (Wildman–Crippen LogP) is 3.16. The number of rotatable bonds is 5. The van der Waals surface area contributed by atoms with E-state index in [0.29, 0.717) is 6.54 Å². The highest BCUT2D eigenvalue weighted by Crippen LogP contribution is 2.23. The van der Waals surface area contributed by atoms with Gasteiger partial charge in [-0.25, -0.2) is 9.48 Å². The maximum absolute atomic E-state index is 12.4. The summed E-state index contributed by atoms with van der Waals surface area (Å²) >= 11 is 0. The second kappa shape index (κ2) is 7.96. The van der Waals surface area contributed by atoms with E-state index in [1.165, 1.54) is 23.6 Å². The molecule has 2 N–H and O–H groups in total. The number of carbonyl (C=O) groups is 2. The summed E-state index contributed by atoms with van der Waals surface area (Å²) < 4.78 is 1.53. The lowest BCUT2D eigenvalue weighted by Crippen LogP contribution is -2.30. The Balaban J connectivity index is 1.63. The lowest BCUT2D eigenvalue weighted by atomic mass is 9.99. The van der Waals surface area contributed by atoms with Gasteiger partial charge in [0, 0.05) is 18.7 Å². The Morgan fingerprint density at radius 1 is 1.16 bits per heavy atom. The van der Waals surface area contributed by atoms with E-state index < -0.39 is 5.97 Å². The van der Waals surface area contributed by atoms with Crippen molar-refractivity contribution in [1.29, 1.82) is 0 Å². The van der Waals surface area contributed by atoms with Gasteiger partial charge in [-0.2, -0.15) is 5.10 Å². The summed E-state index contributed by atoms with van der Waals surface area (Å²) in [6, 6.07) is 9.05. The molecule has 6 heteroatoms. The molecule has 0 saturated heterocycles. The van der Waals surface area contributed by atoms with Crippen LogP contribution in [0.5, 0.6) is 0 Å². The minimum Gasteiger partial charge on any atom is -0.476 e. The monoisotopic (exact) mass is 341 g/mol. The molecule has 132 valence electrons. The summed E-state index contributed by atoms with van der Waals surface area (Å²) in [7, 11) is 0. The molecule has 0 atom stereocenters. The van der Waals surface area contributed by atoms with Crippen LogP contribution in [0.25, 0.3) is 5.69 Å². The molecule has 1 fully saturated rings. The molecule has 1 aromatic carbocycles. The summed E-state index contributed by atoms with van der Waals surface area (Å²) in [5.74, 6) is -0.778. The second-order valence-electron chi connectivity index (χ2n) is 6.53. The van der Waals surface area contributed by atoms with Crippen LogP contribution in [-0.4, -0.2) is 26.8 Å². The van der Waals surface area contributed by atoms with Gasteiger partial charge in [-0.05, 0) is 36.6 Å². The lowest BCUT2D eigenvalue weighted by molar-refractivity contribution is -0.125. The summed E-state index contributed by atoms with van der Waals surface area (Å²) in [6.07, 6.45) is 8.32. The maximum atomic E-state index is 12.4. The number of nitrogens with zero attached hydrogens (tertiary/aromatic N) is 2. The van der Waals surface area contributed by atoms with Crippen molar-refractivity contribution in [3.63, 3.8) is 0 Å². The molecular weight excluding hydrogens is 318 g/mol. The Bertz CT molecular complexity index is 746. The first-order chi connectivity index (χ1) is 12.1. The van der Waals surface area contributed by atoms with Crippen molar-refractivity contribution in [2.45, 2.75) is 45.1 Å². The first kappa shape index (κ1) is 17.2. The van der Waals surface area contributed by atoms with Crippen LogP contribution in [0.15, 0.2) is 36.5 Å². The van der Waals surface area contributed by atoms with Gasteiger partial charge in [-0.1, -0.05) is 37.8 Å². The number of aromatic nitrogens is 2. The third-order valence-electron chi connectivity index (χ3n) is 4.68. The van der Waals surface area contributed by atoms with E-state index in [4.69, 9.17) is 5.11 Å². The van der Waals surface area contributed by atoms with Crippen LogP contribution in [0.1, 0.15) is 54.6 Å². The molecule has 2 aromatic rings. The van der Waals surface area contributed by atoms with Gasteiger partial charge in [-0.15, -0.1) is 0 Å². The van der Waals surface area contributed by atoms with Gasteiger partial charge in [0.05, 0.1) is 5.69 Å². The molecule has 1 aliphatic rings. The quantitative estimate of drug-likeness (QED) is 0.818. The fraction of sp³-hybridized carbons (Fsp3) is 0.421. The Hall–Kier alpha value is -2.63. The van der Waals surface area contributed by atoms with Crippen molar-refractivity contribution in [2.75, 3.05) is 0 Å². The average molecular weight is 341 g/mol. The number of carboxylic acid groups (broad SMARTS) is 1. The molecule has 3 rings (SSSR count). The smallest absolute Gasteiger partial charge is 0.356 e. The largest absolute Gasteiger partial charge is 0.476 e. The molecule has 1 heterocycles. The number of carboxylic acids is 1. The van der Waals surface area contributed by atoms with E-state index >= 15 is 0 Å². The number of benzene rings is 1. The van der Waals surface area contributed by atoms with Crippen molar-refractivity contribution in [3.8, 4) is 5.69 Å². The topological polar surface area (TPSA) is 84.2 Å². The van der Waals surface area contributed by atoms with Crippen molar-refractivity contribution in [2.24, 2.45) is 5.92 Å². The number of carbonyl (C=O) groups excluding carboxylic acids is 1. The molecule has 0 unspecified atom stereocenters. The standard InChI is InChI=1S/C19H23N3O3/c23-18(15-7-3-1-2-4-8-15)20-13-14-6-5-9-16(12-14)22-11-10-17(21-22)19(24)25/h5-6,9-12,15H,1-4,7-8,13H2,(H,20,23)(H,24,25). The number of amides is 1. The molecular formula is C19H23N3O3. The second-order valence-corrected chi connectivity index (χ2v) is 6.53. The van der Waals surface area contributed by atoms with Crippen LogP contribution >= 0.6 is 0 Å². The van der Waals surface area contributed by atoms with Crippen LogP contribution in [0.4, 0.5) is 0 Å². The highest BCUT2D eigenvalue weighted by atomic mass is 16.4. The minimum atomic E-state index is -1.05. The van der Waals surface area contributed by atoms with Crippen molar-refractivity contribution < 1.29 is 14.7 Å². The zero-order valence-electron chi connectivity index (χ0n) is 14.1. The third-order valence-corrected chi connectivity index (χ3v) is 4.68. The number of aromatic carboxylic acids is 1. The van der Waals surface area contributed by atoms with Crippen LogP contribution in [-0.2, 0) is 11.3 Å². The Labute approximate surface area is 146 Å². The van der Waals surface area contributed by atoms with E-state index in [2.05, 4.69) is 10.4 Å². The maximum Gasteiger partial charge on any atom is 0.356 e. The zero-order chi connectivity index (χ0) is 17.6. The molecule has 0 radical (unpaired) electrons. The number of nitrogens with one attached hydrogen (secondary N) is 1. The van der Waals surface area contributed by atoms with Gasteiger partial charge < -0.3 is 10.4 Å². The summed E-state index contributed by atoms with van der Waals surface area (Å²) in [4.78, 5) is 23.3. The van der Waals surface area contributed by atoms with Crippen LogP contribution in [0.3, 0.4) is 0 Å². The molecule has 6 nitrogen and oxygen atoms in total. The number of hydrogen-bond donors (Lipinski definition) is 2. The van der Waals surface area contributed by atoms with Gasteiger partial charge in [0.25, 0.3) is 0 Å².